The minimum absolute atomic E-state index is 0.0223. The number of unbranched alkanes of at least 4 members (excludes halogenated alkanes) is 1. The first-order chi connectivity index (χ1) is 26.3. The standard InChI is InChI=1S/C42H48N6O6/c43-34-7-1-2-8-35(34)45-40(51)12-6-5-11-39(50)44-31-19-17-30(18-20-31)41-53-33(25-38(54-41)29-15-13-28(27-49)14-16-29)26-47-23-21-32(22-24-47)48-37-10-4-3-9-36(37)46-42(48)52/h1-4,7-10,13-20,32-33,38,41,49H,5-6,11-12,21-27,43H2,(H,44,50)(H,45,51)(H,46,52)/t33-,38+,41+/m0/s1. The van der Waals surface area contributed by atoms with Gasteiger partial charge < -0.3 is 40.8 Å². The van der Waals surface area contributed by atoms with E-state index >= 15 is 0 Å². The number of amides is 2. The molecule has 3 atom stereocenters. The second-order valence-corrected chi connectivity index (χ2v) is 14.2. The largest absolute Gasteiger partial charge is 0.397 e. The third-order valence-corrected chi connectivity index (χ3v) is 10.4. The number of aromatic nitrogens is 2. The predicted molar refractivity (Wildman–Crippen MR) is 209 cm³/mol. The van der Waals surface area contributed by atoms with E-state index < -0.39 is 6.29 Å². The summed E-state index contributed by atoms with van der Waals surface area (Å²) < 4.78 is 15.1. The number of nitrogen functional groups attached to an aromatic ring is 1. The second-order valence-electron chi connectivity index (χ2n) is 14.2. The van der Waals surface area contributed by atoms with E-state index in [1.807, 2.05) is 89.5 Å². The zero-order valence-corrected chi connectivity index (χ0v) is 30.3. The Labute approximate surface area is 314 Å². The van der Waals surface area contributed by atoms with Crippen molar-refractivity contribution < 1.29 is 24.2 Å². The first-order valence-electron chi connectivity index (χ1n) is 18.8. The number of nitrogens with two attached hydrogens (primary N) is 1. The van der Waals surface area contributed by atoms with Crippen molar-refractivity contribution in [3.8, 4) is 0 Å². The average Bonchev–Trinajstić information content (AvgIpc) is 3.53. The maximum atomic E-state index is 12.8. The van der Waals surface area contributed by atoms with E-state index in [2.05, 4.69) is 20.5 Å². The molecule has 0 saturated carbocycles. The summed E-state index contributed by atoms with van der Waals surface area (Å²) in [6.45, 7) is 2.41. The number of hydrogen-bond acceptors (Lipinski definition) is 8. The van der Waals surface area contributed by atoms with Crippen LogP contribution in [-0.2, 0) is 25.7 Å². The van der Waals surface area contributed by atoms with E-state index in [0.717, 1.165) is 60.2 Å². The number of benzene rings is 4. The van der Waals surface area contributed by atoms with Crippen molar-refractivity contribution in [3.63, 3.8) is 0 Å². The number of imidazole rings is 1. The summed E-state index contributed by atoms with van der Waals surface area (Å²) in [5.74, 6) is -0.253. The number of para-hydroxylation sites is 4. The number of likely N-dealkylation sites (tertiary alicyclic amines) is 1. The number of aliphatic hydroxyl groups excluding tert-OH is 1. The van der Waals surface area contributed by atoms with E-state index in [9.17, 15) is 19.5 Å². The van der Waals surface area contributed by atoms with Gasteiger partial charge in [-0.3, -0.25) is 14.2 Å². The van der Waals surface area contributed by atoms with Gasteiger partial charge in [-0.15, -0.1) is 0 Å². The molecule has 2 aliphatic heterocycles. The fourth-order valence-corrected chi connectivity index (χ4v) is 7.46. The normalized spacial score (nSPS) is 19.5. The number of rotatable bonds is 13. The fourth-order valence-electron chi connectivity index (χ4n) is 7.46. The lowest BCUT2D eigenvalue weighted by molar-refractivity contribution is -0.253. The molecule has 282 valence electrons. The van der Waals surface area contributed by atoms with Gasteiger partial charge in [0.1, 0.15) is 0 Å². The van der Waals surface area contributed by atoms with Crippen LogP contribution in [0.5, 0.6) is 0 Å². The van der Waals surface area contributed by atoms with Crippen LogP contribution in [0.15, 0.2) is 102 Å². The van der Waals surface area contributed by atoms with Gasteiger partial charge in [-0.2, -0.15) is 0 Å². The predicted octanol–water partition coefficient (Wildman–Crippen LogP) is 6.42. The third-order valence-electron chi connectivity index (χ3n) is 10.4. The van der Waals surface area contributed by atoms with Crippen molar-refractivity contribution >= 4 is 39.9 Å². The van der Waals surface area contributed by atoms with Crippen LogP contribution >= 0.6 is 0 Å². The van der Waals surface area contributed by atoms with Crippen molar-refractivity contribution in [3.05, 3.63) is 124 Å². The number of H-pyrrole nitrogens is 1. The molecule has 2 saturated heterocycles. The molecule has 2 fully saturated rings. The van der Waals surface area contributed by atoms with Crippen LogP contribution in [0, 0.1) is 0 Å². The van der Waals surface area contributed by atoms with Gasteiger partial charge in [0, 0.05) is 56.2 Å². The van der Waals surface area contributed by atoms with Gasteiger partial charge in [-0.25, -0.2) is 4.79 Å². The molecule has 12 nitrogen and oxygen atoms in total. The van der Waals surface area contributed by atoms with Gasteiger partial charge >= 0.3 is 5.69 Å². The highest BCUT2D eigenvalue weighted by atomic mass is 16.7. The third kappa shape index (κ3) is 9.08. The molecule has 3 heterocycles. The van der Waals surface area contributed by atoms with E-state index in [0.29, 0.717) is 49.2 Å². The number of hydrogen-bond donors (Lipinski definition) is 5. The molecular weight excluding hydrogens is 684 g/mol. The molecule has 0 unspecified atom stereocenters. The molecule has 4 aromatic carbocycles. The maximum absolute atomic E-state index is 12.8. The molecule has 0 radical (unpaired) electrons. The number of carbonyl (C=O) groups excluding carboxylic acids is 2. The van der Waals surface area contributed by atoms with Gasteiger partial charge in [0.25, 0.3) is 0 Å². The number of fused-ring (bicyclic) bond motifs is 1. The summed E-state index contributed by atoms with van der Waals surface area (Å²) in [4.78, 5) is 43.2. The van der Waals surface area contributed by atoms with Gasteiger partial charge in [0.05, 0.1) is 41.2 Å². The molecule has 12 heteroatoms. The summed E-state index contributed by atoms with van der Waals surface area (Å²) in [5.41, 5.74) is 12.1. The number of aliphatic hydroxyl groups is 1. The number of piperidine rings is 1. The zero-order chi connectivity index (χ0) is 37.4. The molecule has 0 aliphatic carbocycles. The minimum atomic E-state index is -0.615. The maximum Gasteiger partial charge on any atom is 0.326 e. The Kier molecular flexibility index (Phi) is 11.8. The van der Waals surface area contributed by atoms with Crippen LogP contribution in [0.4, 0.5) is 17.1 Å². The van der Waals surface area contributed by atoms with Gasteiger partial charge in [0.2, 0.25) is 11.8 Å². The van der Waals surface area contributed by atoms with Crippen LogP contribution in [0.1, 0.15) is 80.1 Å². The van der Waals surface area contributed by atoms with Crippen molar-refractivity contribution in [2.45, 2.75) is 76.1 Å². The lowest BCUT2D eigenvalue weighted by atomic mass is 9.98. The summed E-state index contributed by atoms with van der Waals surface area (Å²) in [6.07, 6.45) is 3.23. The zero-order valence-electron chi connectivity index (χ0n) is 30.3. The van der Waals surface area contributed by atoms with E-state index in [1.54, 1.807) is 12.1 Å². The number of anilines is 3. The van der Waals surface area contributed by atoms with E-state index in [-0.39, 0.29) is 42.4 Å². The van der Waals surface area contributed by atoms with Gasteiger partial charge in [-0.1, -0.05) is 60.7 Å². The summed E-state index contributed by atoms with van der Waals surface area (Å²) in [6, 6.07) is 30.5. The Morgan fingerprint density at radius 2 is 1.48 bits per heavy atom. The molecule has 1 aromatic heterocycles. The monoisotopic (exact) mass is 732 g/mol. The lowest BCUT2D eigenvalue weighted by Gasteiger charge is -2.40. The molecule has 7 rings (SSSR count). The highest BCUT2D eigenvalue weighted by Gasteiger charge is 2.34. The van der Waals surface area contributed by atoms with Crippen LogP contribution in [-0.4, -0.2) is 57.1 Å². The smallest absolute Gasteiger partial charge is 0.326 e. The molecule has 5 aromatic rings. The molecule has 0 bridgehead atoms. The van der Waals surface area contributed by atoms with Crippen molar-refractivity contribution in [2.75, 3.05) is 36.0 Å². The molecule has 2 amide bonds. The van der Waals surface area contributed by atoms with Crippen LogP contribution in [0.3, 0.4) is 0 Å². The lowest BCUT2D eigenvalue weighted by Crippen LogP contribution is -2.43. The highest BCUT2D eigenvalue weighted by molar-refractivity contribution is 5.94. The quantitative estimate of drug-likeness (QED) is 0.0684. The number of aromatic amines is 1. The van der Waals surface area contributed by atoms with Crippen LogP contribution < -0.4 is 22.1 Å². The first-order valence-corrected chi connectivity index (χ1v) is 18.8. The van der Waals surface area contributed by atoms with Gasteiger partial charge in [-0.05, 0) is 73.2 Å². The first kappa shape index (κ1) is 37.1. The Balaban J connectivity index is 0.937. The molecule has 6 N–H and O–H groups in total. The molecule has 2 aliphatic rings. The molecule has 0 spiro atoms. The van der Waals surface area contributed by atoms with Crippen molar-refractivity contribution in [2.24, 2.45) is 0 Å². The number of nitrogens with zero attached hydrogens (tertiary/aromatic N) is 2. The van der Waals surface area contributed by atoms with Crippen molar-refractivity contribution in [1.29, 1.82) is 0 Å². The summed E-state index contributed by atoms with van der Waals surface area (Å²) in [5, 5.41) is 15.4. The SMILES string of the molecule is Nc1ccccc1NC(=O)CCCCC(=O)Nc1ccc([C@@H]2O[C@H](CN3CCC(n4c(=O)[nH]c5ccccc54)CC3)C[C@H](c3ccc(CO)cc3)O2)cc1. The van der Waals surface area contributed by atoms with E-state index in [1.165, 1.54) is 0 Å². The van der Waals surface area contributed by atoms with E-state index in [4.69, 9.17) is 15.2 Å². The number of carbonyl (C=O) groups is 2. The number of nitrogens with one attached hydrogen (secondary N) is 3. The minimum Gasteiger partial charge on any atom is -0.397 e. The Morgan fingerprint density at radius 1 is 0.815 bits per heavy atom. The number of ether oxygens (including phenoxy) is 2. The Bertz CT molecular complexity index is 2090. The summed E-state index contributed by atoms with van der Waals surface area (Å²) in [7, 11) is 0. The summed E-state index contributed by atoms with van der Waals surface area (Å²) >= 11 is 0. The Hall–Kier alpha value is -5.27. The van der Waals surface area contributed by atoms with Crippen molar-refractivity contribution in [1.82, 2.24) is 14.5 Å². The van der Waals surface area contributed by atoms with Crippen LogP contribution in [0.25, 0.3) is 11.0 Å². The topological polar surface area (TPSA) is 164 Å². The fraction of sp³-hybridized carbons (Fsp3) is 0.357. The Morgan fingerprint density at radius 3 is 2.20 bits per heavy atom. The average molecular weight is 733 g/mol. The van der Waals surface area contributed by atoms with Gasteiger partial charge in [0.15, 0.2) is 6.29 Å². The highest BCUT2D eigenvalue weighted by Crippen LogP contribution is 2.39. The van der Waals surface area contributed by atoms with Crippen LogP contribution in [0.2, 0.25) is 0 Å². The molecular formula is C42H48N6O6. The second kappa shape index (κ2) is 17.3. The molecule has 54 heavy (non-hydrogen) atoms.